The number of hydrogen-bond acceptors (Lipinski definition) is 7. The maximum absolute atomic E-state index is 13.8. The van der Waals surface area contributed by atoms with E-state index in [1.54, 1.807) is 26.2 Å². The third-order valence-electron chi connectivity index (χ3n) is 8.31. The van der Waals surface area contributed by atoms with Crippen LogP contribution in [0.25, 0.3) is 11.1 Å². The van der Waals surface area contributed by atoms with Crippen LogP contribution in [0, 0.1) is 18.2 Å². The highest BCUT2D eigenvalue weighted by atomic mass is 19.1. The molecular formula is C37H48FN3O6. The number of benzene rings is 2. The number of rotatable bonds is 13. The molecule has 1 unspecified atom stereocenters. The topological polar surface area (TPSA) is 110 Å². The Morgan fingerprint density at radius 1 is 1.04 bits per heavy atom. The third kappa shape index (κ3) is 9.51. The summed E-state index contributed by atoms with van der Waals surface area (Å²) in [4.78, 5) is 33.6. The number of halogens is 1. The van der Waals surface area contributed by atoms with Crippen molar-refractivity contribution in [2.24, 2.45) is 5.41 Å². The van der Waals surface area contributed by atoms with E-state index in [0.29, 0.717) is 66.5 Å². The van der Waals surface area contributed by atoms with Gasteiger partial charge in [-0.2, -0.15) is 0 Å². The van der Waals surface area contributed by atoms with Crippen molar-refractivity contribution in [1.82, 2.24) is 10.3 Å². The van der Waals surface area contributed by atoms with Gasteiger partial charge in [0.2, 0.25) is 0 Å². The van der Waals surface area contributed by atoms with Gasteiger partial charge in [0.05, 0.1) is 24.5 Å². The third-order valence-corrected chi connectivity index (χ3v) is 8.31. The summed E-state index contributed by atoms with van der Waals surface area (Å²) in [7, 11) is 1.56. The second kappa shape index (κ2) is 15.3. The number of ether oxygens (including phenoxy) is 3. The number of carbonyl (C=O) groups excluding carboxylic acids is 1. The van der Waals surface area contributed by atoms with E-state index < -0.39 is 17.7 Å². The largest absolute Gasteiger partial charge is 0.493 e. The number of nitrogens with zero attached hydrogens (tertiary/aromatic N) is 2. The van der Waals surface area contributed by atoms with Crippen LogP contribution in [-0.4, -0.2) is 67.5 Å². The number of methoxy groups -OCH3 is 1. The van der Waals surface area contributed by atoms with Crippen molar-refractivity contribution >= 4 is 17.6 Å². The van der Waals surface area contributed by atoms with Crippen LogP contribution in [-0.2, 0) is 20.7 Å². The number of piperidine rings is 1. The Morgan fingerprint density at radius 2 is 1.68 bits per heavy atom. The molecule has 0 spiro atoms. The standard InChI is InChI=1S/C37H48FN3O6/c1-24-29(33(35(43)44)47-36(2,3)4)32(41-20-17-37(5,6)18-21-41)30(31(40-24)34(42)39-19-23-45-7)26-10-14-28(15-11-26)46-22-16-25-8-12-27(38)13-9-25/h8-15,33H,16-23H2,1-7H3,(H,39,42)(H,43,44). The highest BCUT2D eigenvalue weighted by Gasteiger charge is 2.37. The monoisotopic (exact) mass is 649 g/mol. The number of nitrogens with one attached hydrogen (secondary N) is 1. The molecule has 0 radical (unpaired) electrons. The number of carboxylic acids is 1. The fourth-order valence-electron chi connectivity index (χ4n) is 5.71. The second-order valence-corrected chi connectivity index (χ2v) is 13.8. The first-order chi connectivity index (χ1) is 22.2. The first-order valence-electron chi connectivity index (χ1n) is 16.1. The Bertz CT molecular complexity index is 1520. The van der Waals surface area contributed by atoms with Gasteiger partial charge in [-0.15, -0.1) is 0 Å². The summed E-state index contributed by atoms with van der Waals surface area (Å²) in [6.45, 7) is 14.0. The maximum atomic E-state index is 13.8. The van der Waals surface area contributed by atoms with Crippen LogP contribution in [0.5, 0.6) is 5.75 Å². The maximum Gasteiger partial charge on any atom is 0.337 e. The van der Waals surface area contributed by atoms with Gasteiger partial charge in [-0.05, 0) is 81.3 Å². The average molecular weight is 650 g/mol. The van der Waals surface area contributed by atoms with Gasteiger partial charge in [0, 0.05) is 50.0 Å². The van der Waals surface area contributed by atoms with Gasteiger partial charge in [0.15, 0.2) is 6.10 Å². The molecule has 47 heavy (non-hydrogen) atoms. The summed E-state index contributed by atoms with van der Waals surface area (Å²) in [6, 6.07) is 13.7. The van der Waals surface area contributed by atoms with Crippen molar-refractivity contribution in [3.63, 3.8) is 0 Å². The second-order valence-electron chi connectivity index (χ2n) is 13.8. The van der Waals surface area contributed by atoms with E-state index in [1.807, 2.05) is 45.0 Å². The van der Waals surface area contributed by atoms with Gasteiger partial charge in [-0.3, -0.25) is 4.79 Å². The predicted octanol–water partition coefficient (Wildman–Crippen LogP) is 6.76. The van der Waals surface area contributed by atoms with Crippen LogP contribution in [0.15, 0.2) is 48.5 Å². The molecule has 1 fully saturated rings. The summed E-state index contributed by atoms with van der Waals surface area (Å²) in [5.41, 5.74) is 3.27. The van der Waals surface area contributed by atoms with Gasteiger partial charge in [-0.1, -0.05) is 38.1 Å². The van der Waals surface area contributed by atoms with Crippen LogP contribution >= 0.6 is 0 Å². The van der Waals surface area contributed by atoms with Crippen LogP contribution in [0.1, 0.15) is 80.9 Å². The minimum absolute atomic E-state index is 0.125. The van der Waals surface area contributed by atoms with E-state index in [0.717, 1.165) is 18.4 Å². The summed E-state index contributed by atoms with van der Waals surface area (Å²) < 4.78 is 30.6. The van der Waals surface area contributed by atoms with E-state index in [-0.39, 0.29) is 29.4 Å². The van der Waals surface area contributed by atoms with Crippen molar-refractivity contribution in [2.45, 2.75) is 72.5 Å². The highest BCUT2D eigenvalue weighted by Crippen LogP contribution is 2.45. The molecular weight excluding hydrogens is 601 g/mol. The minimum atomic E-state index is -1.31. The smallest absolute Gasteiger partial charge is 0.337 e. The minimum Gasteiger partial charge on any atom is -0.493 e. The molecule has 2 aromatic carbocycles. The lowest BCUT2D eigenvalue weighted by Gasteiger charge is -2.41. The molecule has 0 aliphatic carbocycles. The molecule has 1 saturated heterocycles. The fourth-order valence-corrected chi connectivity index (χ4v) is 5.71. The van der Waals surface area contributed by atoms with Crippen molar-refractivity contribution < 1.29 is 33.3 Å². The van der Waals surface area contributed by atoms with Gasteiger partial charge >= 0.3 is 5.97 Å². The van der Waals surface area contributed by atoms with E-state index in [4.69, 9.17) is 19.2 Å². The molecule has 9 nitrogen and oxygen atoms in total. The lowest BCUT2D eigenvalue weighted by atomic mass is 9.81. The van der Waals surface area contributed by atoms with Gasteiger partial charge in [-0.25, -0.2) is 14.2 Å². The first kappa shape index (κ1) is 35.8. The number of aromatic nitrogens is 1. The summed E-state index contributed by atoms with van der Waals surface area (Å²) >= 11 is 0. The Balaban J connectivity index is 1.83. The zero-order chi connectivity index (χ0) is 34.4. The van der Waals surface area contributed by atoms with Crippen LogP contribution in [0.4, 0.5) is 10.1 Å². The first-order valence-corrected chi connectivity index (χ1v) is 16.1. The lowest BCUT2D eigenvalue weighted by molar-refractivity contribution is -0.160. The summed E-state index contributed by atoms with van der Waals surface area (Å²) in [5.74, 6) is -1.16. The zero-order valence-corrected chi connectivity index (χ0v) is 28.6. The molecule has 0 saturated carbocycles. The molecule has 1 atom stereocenters. The molecule has 254 valence electrons. The summed E-state index contributed by atoms with van der Waals surface area (Å²) in [5, 5.41) is 13.4. The molecule has 1 aliphatic heterocycles. The fraction of sp³-hybridized carbons (Fsp3) is 0.486. The van der Waals surface area contributed by atoms with Gasteiger partial charge < -0.3 is 29.5 Å². The van der Waals surface area contributed by atoms with Crippen molar-refractivity contribution in [3.05, 3.63) is 76.9 Å². The highest BCUT2D eigenvalue weighted by molar-refractivity contribution is 6.04. The Morgan fingerprint density at radius 3 is 2.26 bits per heavy atom. The van der Waals surface area contributed by atoms with Crippen molar-refractivity contribution in [2.75, 3.05) is 44.9 Å². The SMILES string of the molecule is COCCNC(=O)c1nc(C)c(C(OC(C)(C)C)C(=O)O)c(N2CCC(C)(C)CC2)c1-c1ccc(OCCc2ccc(F)cc2)cc1. The molecule has 4 rings (SSSR count). The molecule has 0 bridgehead atoms. The quantitative estimate of drug-likeness (QED) is 0.196. The average Bonchev–Trinajstić information content (AvgIpc) is 3.00. The van der Waals surface area contributed by atoms with E-state index in [2.05, 4.69) is 24.1 Å². The number of amides is 1. The van der Waals surface area contributed by atoms with E-state index in [9.17, 15) is 19.1 Å². The Kier molecular flexibility index (Phi) is 11.6. The van der Waals surface area contributed by atoms with Crippen molar-refractivity contribution in [3.8, 4) is 16.9 Å². The van der Waals surface area contributed by atoms with Crippen LogP contribution in [0.2, 0.25) is 0 Å². The van der Waals surface area contributed by atoms with Gasteiger partial charge in [0.1, 0.15) is 17.3 Å². The number of hydrogen-bond donors (Lipinski definition) is 2. The van der Waals surface area contributed by atoms with E-state index in [1.165, 1.54) is 12.1 Å². The molecule has 1 aromatic heterocycles. The molecule has 2 heterocycles. The van der Waals surface area contributed by atoms with Crippen molar-refractivity contribution in [1.29, 1.82) is 0 Å². The number of anilines is 1. The Hall–Kier alpha value is -4.02. The normalized spacial score (nSPS) is 15.3. The molecule has 3 aromatic rings. The van der Waals surface area contributed by atoms with E-state index >= 15 is 0 Å². The van der Waals surface area contributed by atoms with Crippen LogP contribution < -0.4 is 15.0 Å². The number of carboxylic acid groups (broad SMARTS) is 1. The van der Waals surface area contributed by atoms with Crippen LogP contribution in [0.3, 0.4) is 0 Å². The zero-order valence-electron chi connectivity index (χ0n) is 28.6. The lowest BCUT2D eigenvalue weighted by Crippen LogP contribution is -2.40. The Labute approximate surface area is 277 Å². The number of aliphatic carboxylic acids is 1. The predicted molar refractivity (Wildman–Crippen MR) is 181 cm³/mol. The molecule has 1 aliphatic rings. The molecule has 10 heteroatoms. The number of aryl methyl sites for hydroxylation is 1. The molecule has 2 N–H and O–H groups in total. The number of pyridine rings is 1. The number of carbonyl (C=O) groups is 2. The molecule has 1 amide bonds. The summed E-state index contributed by atoms with van der Waals surface area (Å²) in [6.07, 6.45) is 1.08. The van der Waals surface area contributed by atoms with Gasteiger partial charge in [0.25, 0.3) is 5.91 Å².